The molecule has 2 aromatic rings. The Labute approximate surface area is 105 Å². The zero-order valence-electron chi connectivity index (χ0n) is 9.74. The zero-order chi connectivity index (χ0) is 12.5. The van der Waals surface area contributed by atoms with Gasteiger partial charge in [-0.25, -0.2) is 0 Å². The highest BCUT2D eigenvalue weighted by atomic mass is 16.6. The summed E-state index contributed by atoms with van der Waals surface area (Å²) in [7, 11) is 0. The van der Waals surface area contributed by atoms with Gasteiger partial charge in [0.2, 0.25) is 0 Å². The molecule has 1 aliphatic heterocycles. The summed E-state index contributed by atoms with van der Waals surface area (Å²) in [4.78, 5) is 12.8. The molecule has 0 aliphatic carbocycles. The first kappa shape index (κ1) is 10.8. The second-order valence-electron chi connectivity index (χ2n) is 4.37. The highest BCUT2D eigenvalue weighted by Crippen LogP contribution is 2.34. The van der Waals surface area contributed by atoms with Gasteiger partial charge in [-0.2, -0.15) is 0 Å². The number of nitro groups is 1. The van der Waals surface area contributed by atoms with Crippen molar-refractivity contribution in [2.45, 2.75) is 13.1 Å². The van der Waals surface area contributed by atoms with Crippen molar-refractivity contribution in [2.24, 2.45) is 0 Å². The molecule has 3 rings (SSSR count). The van der Waals surface area contributed by atoms with E-state index in [2.05, 4.69) is 12.1 Å². The van der Waals surface area contributed by atoms with Crippen LogP contribution in [0.3, 0.4) is 0 Å². The van der Waals surface area contributed by atoms with Gasteiger partial charge in [0.1, 0.15) is 5.69 Å². The summed E-state index contributed by atoms with van der Waals surface area (Å²) in [5.74, 6) is 0. The summed E-state index contributed by atoms with van der Waals surface area (Å²) in [6.45, 7) is 1.47. The van der Waals surface area contributed by atoms with Gasteiger partial charge in [-0.15, -0.1) is 0 Å². The molecule has 90 valence electrons. The highest BCUT2D eigenvalue weighted by Gasteiger charge is 2.24. The molecule has 0 fully saturated rings. The predicted molar refractivity (Wildman–Crippen MR) is 69.4 cm³/mol. The van der Waals surface area contributed by atoms with E-state index in [0.717, 1.165) is 13.1 Å². The number of benzene rings is 2. The van der Waals surface area contributed by atoms with Crippen molar-refractivity contribution in [3.05, 3.63) is 69.8 Å². The van der Waals surface area contributed by atoms with E-state index in [0.29, 0.717) is 5.69 Å². The Bertz CT molecular complexity index is 585. The van der Waals surface area contributed by atoms with Crippen molar-refractivity contribution in [3.63, 3.8) is 0 Å². The van der Waals surface area contributed by atoms with Crippen LogP contribution in [0.2, 0.25) is 0 Å². The minimum absolute atomic E-state index is 0.172. The molecule has 1 aliphatic rings. The largest absolute Gasteiger partial charge is 0.357 e. The predicted octanol–water partition coefficient (Wildman–Crippen LogP) is 3.12. The van der Waals surface area contributed by atoms with E-state index in [9.17, 15) is 10.1 Å². The van der Waals surface area contributed by atoms with Crippen LogP contribution in [0.4, 0.5) is 11.4 Å². The minimum atomic E-state index is -0.321. The average Bonchev–Trinajstić information content (AvgIpc) is 2.82. The van der Waals surface area contributed by atoms with Crippen molar-refractivity contribution < 1.29 is 4.92 Å². The van der Waals surface area contributed by atoms with Crippen LogP contribution < -0.4 is 4.90 Å². The van der Waals surface area contributed by atoms with Gasteiger partial charge >= 0.3 is 0 Å². The molecule has 0 bridgehead atoms. The Morgan fingerprint density at radius 2 is 1.50 bits per heavy atom. The Morgan fingerprint density at radius 1 is 0.944 bits per heavy atom. The number of fused-ring (bicyclic) bond motifs is 1. The second-order valence-corrected chi connectivity index (χ2v) is 4.37. The lowest BCUT2D eigenvalue weighted by Gasteiger charge is -2.17. The third kappa shape index (κ3) is 1.72. The van der Waals surface area contributed by atoms with Crippen LogP contribution >= 0.6 is 0 Å². The third-order valence-corrected chi connectivity index (χ3v) is 3.26. The lowest BCUT2D eigenvalue weighted by atomic mass is 10.1. The molecule has 0 unspecified atom stereocenters. The Balaban J connectivity index is 1.98. The summed E-state index contributed by atoms with van der Waals surface area (Å²) in [5, 5.41) is 11.0. The van der Waals surface area contributed by atoms with E-state index < -0.39 is 0 Å². The van der Waals surface area contributed by atoms with Gasteiger partial charge in [-0.3, -0.25) is 10.1 Å². The van der Waals surface area contributed by atoms with Crippen LogP contribution in [0, 0.1) is 10.1 Å². The van der Waals surface area contributed by atoms with Crippen LogP contribution in [0.1, 0.15) is 11.1 Å². The van der Waals surface area contributed by atoms with Crippen LogP contribution in [0.15, 0.2) is 48.5 Å². The van der Waals surface area contributed by atoms with Crippen LogP contribution in [0.5, 0.6) is 0 Å². The van der Waals surface area contributed by atoms with E-state index in [1.54, 1.807) is 12.1 Å². The van der Waals surface area contributed by atoms with Gasteiger partial charge < -0.3 is 4.90 Å². The van der Waals surface area contributed by atoms with Crippen molar-refractivity contribution in [1.29, 1.82) is 0 Å². The van der Waals surface area contributed by atoms with Crippen molar-refractivity contribution in [3.8, 4) is 0 Å². The van der Waals surface area contributed by atoms with Crippen LogP contribution in [-0.2, 0) is 13.1 Å². The van der Waals surface area contributed by atoms with Crippen LogP contribution in [-0.4, -0.2) is 4.92 Å². The van der Waals surface area contributed by atoms with E-state index in [1.807, 2.05) is 29.2 Å². The number of nitro benzene ring substituents is 1. The Hall–Kier alpha value is -2.36. The van der Waals surface area contributed by atoms with E-state index >= 15 is 0 Å². The molecular formula is C14H12N2O2. The molecule has 0 atom stereocenters. The maximum absolute atomic E-state index is 11.0. The van der Waals surface area contributed by atoms with Gasteiger partial charge in [-0.1, -0.05) is 36.4 Å². The van der Waals surface area contributed by atoms with Gasteiger partial charge in [0.25, 0.3) is 5.69 Å². The highest BCUT2D eigenvalue weighted by molar-refractivity contribution is 5.64. The fourth-order valence-electron chi connectivity index (χ4n) is 2.39. The quantitative estimate of drug-likeness (QED) is 0.598. The number of rotatable bonds is 2. The number of hydrogen-bond acceptors (Lipinski definition) is 3. The van der Waals surface area contributed by atoms with E-state index in [1.165, 1.54) is 11.1 Å². The number of nitrogens with zero attached hydrogens (tertiary/aromatic N) is 2. The molecule has 4 nitrogen and oxygen atoms in total. The monoisotopic (exact) mass is 240 g/mol. The van der Waals surface area contributed by atoms with Gasteiger partial charge in [0, 0.05) is 19.2 Å². The maximum atomic E-state index is 11.0. The number of hydrogen-bond donors (Lipinski definition) is 0. The van der Waals surface area contributed by atoms with Gasteiger partial charge in [0.05, 0.1) is 4.92 Å². The third-order valence-electron chi connectivity index (χ3n) is 3.26. The molecule has 2 aromatic carbocycles. The number of anilines is 1. The molecule has 0 N–H and O–H groups in total. The molecule has 1 heterocycles. The molecule has 0 amide bonds. The minimum Gasteiger partial charge on any atom is -0.357 e. The topological polar surface area (TPSA) is 46.4 Å². The summed E-state index contributed by atoms with van der Waals surface area (Å²) in [6, 6.07) is 15.1. The first-order valence-electron chi connectivity index (χ1n) is 5.81. The summed E-state index contributed by atoms with van der Waals surface area (Å²) >= 11 is 0. The summed E-state index contributed by atoms with van der Waals surface area (Å²) < 4.78 is 0. The van der Waals surface area contributed by atoms with Gasteiger partial charge in [0.15, 0.2) is 0 Å². The molecule has 0 saturated carbocycles. The fraction of sp³-hybridized carbons (Fsp3) is 0.143. The Morgan fingerprint density at radius 3 is 2.11 bits per heavy atom. The zero-order valence-corrected chi connectivity index (χ0v) is 9.74. The first-order valence-corrected chi connectivity index (χ1v) is 5.81. The standard InChI is InChI=1S/C14H12N2O2/c17-16(18)14-8-4-3-7-13(14)15-9-11-5-1-2-6-12(11)10-15/h1-8H,9-10H2. The van der Waals surface area contributed by atoms with E-state index in [-0.39, 0.29) is 10.6 Å². The summed E-state index contributed by atoms with van der Waals surface area (Å²) in [5.41, 5.74) is 3.36. The number of para-hydroxylation sites is 2. The SMILES string of the molecule is O=[N+]([O-])c1ccccc1N1Cc2ccccc2C1. The average molecular weight is 240 g/mol. The lowest BCUT2D eigenvalue weighted by molar-refractivity contribution is -0.384. The molecule has 4 heteroatoms. The normalized spacial score (nSPS) is 13.4. The summed E-state index contributed by atoms with van der Waals surface area (Å²) in [6.07, 6.45) is 0. The Kier molecular flexibility index (Phi) is 2.48. The smallest absolute Gasteiger partial charge is 0.292 e. The van der Waals surface area contributed by atoms with Crippen LogP contribution in [0.25, 0.3) is 0 Å². The molecule has 0 saturated heterocycles. The first-order chi connectivity index (χ1) is 8.75. The molecule has 0 radical (unpaired) electrons. The lowest BCUT2D eigenvalue weighted by Crippen LogP contribution is -2.15. The second kappa shape index (κ2) is 4.14. The van der Waals surface area contributed by atoms with E-state index in [4.69, 9.17) is 0 Å². The molecule has 0 aromatic heterocycles. The fourth-order valence-corrected chi connectivity index (χ4v) is 2.39. The molecule has 0 spiro atoms. The van der Waals surface area contributed by atoms with Crippen molar-refractivity contribution in [2.75, 3.05) is 4.90 Å². The van der Waals surface area contributed by atoms with Crippen molar-refractivity contribution >= 4 is 11.4 Å². The molecule has 18 heavy (non-hydrogen) atoms. The maximum Gasteiger partial charge on any atom is 0.292 e. The van der Waals surface area contributed by atoms with Gasteiger partial charge in [-0.05, 0) is 17.2 Å². The molecular weight excluding hydrogens is 228 g/mol. The van der Waals surface area contributed by atoms with Crippen molar-refractivity contribution in [1.82, 2.24) is 0 Å².